The van der Waals surface area contributed by atoms with Crippen LogP contribution in [-0.2, 0) is 19.9 Å². The molecule has 2 rings (SSSR count). The van der Waals surface area contributed by atoms with Crippen LogP contribution in [0, 0.1) is 13.8 Å². The zero-order chi connectivity index (χ0) is 14.7. The fourth-order valence-corrected chi connectivity index (χ4v) is 2.62. The zero-order valence-electron chi connectivity index (χ0n) is 12.8. The normalized spacial score (nSPS) is 12.7. The van der Waals surface area contributed by atoms with Gasteiger partial charge in [0.1, 0.15) is 0 Å². The van der Waals surface area contributed by atoms with E-state index in [-0.39, 0.29) is 6.04 Å². The third kappa shape index (κ3) is 3.08. The number of aryl methyl sites for hydroxylation is 4. The molecule has 1 atom stereocenters. The van der Waals surface area contributed by atoms with Crippen LogP contribution in [0.25, 0.3) is 0 Å². The van der Waals surface area contributed by atoms with Gasteiger partial charge in [0.2, 0.25) is 0 Å². The predicted octanol–water partition coefficient (Wildman–Crippen LogP) is 2.35. The average molecular weight is 272 g/mol. The highest BCUT2D eigenvalue weighted by Crippen LogP contribution is 2.23. The number of hydrogen-bond acceptors (Lipinski definition) is 3. The molecule has 3 N–H and O–H groups in total. The quantitative estimate of drug-likeness (QED) is 0.649. The Kier molecular flexibility index (Phi) is 4.57. The molecule has 0 radical (unpaired) electrons. The van der Waals surface area contributed by atoms with Crippen molar-refractivity contribution in [1.82, 2.24) is 15.2 Å². The summed E-state index contributed by atoms with van der Waals surface area (Å²) in [6.45, 7) is 6.39. The lowest BCUT2D eigenvalue weighted by Crippen LogP contribution is -2.30. The number of benzene rings is 1. The molecule has 1 aromatic heterocycles. The van der Waals surface area contributed by atoms with Crippen LogP contribution >= 0.6 is 0 Å². The molecule has 0 aliphatic heterocycles. The second-order valence-corrected chi connectivity index (χ2v) is 5.41. The third-order valence-electron chi connectivity index (χ3n) is 3.78. The van der Waals surface area contributed by atoms with Gasteiger partial charge in [-0.25, -0.2) is 0 Å². The van der Waals surface area contributed by atoms with Crippen LogP contribution in [0.5, 0.6) is 0 Å². The fraction of sp³-hybridized carbons (Fsp3) is 0.438. The summed E-state index contributed by atoms with van der Waals surface area (Å²) in [7, 11) is 1.95. The second kappa shape index (κ2) is 6.20. The summed E-state index contributed by atoms with van der Waals surface area (Å²) in [6, 6.07) is 6.65. The zero-order valence-corrected chi connectivity index (χ0v) is 12.8. The van der Waals surface area contributed by atoms with E-state index in [2.05, 4.69) is 55.7 Å². The van der Waals surface area contributed by atoms with Gasteiger partial charge in [0.25, 0.3) is 0 Å². The highest BCUT2D eigenvalue weighted by Gasteiger charge is 2.18. The number of aromatic nitrogens is 2. The van der Waals surface area contributed by atoms with Gasteiger partial charge in [-0.05, 0) is 37.8 Å². The molecule has 4 nitrogen and oxygen atoms in total. The molecule has 4 heteroatoms. The van der Waals surface area contributed by atoms with Crippen LogP contribution in [0.1, 0.15) is 40.9 Å². The van der Waals surface area contributed by atoms with Crippen molar-refractivity contribution < 1.29 is 0 Å². The maximum absolute atomic E-state index is 5.79. The standard InChI is InChI=1S/C16H24N4/c1-5-15-14(10-20(4)19-15)16(18-17)9-13-8-11(2)6-7-12(13)3/h6-8,10,16,18H,5,9,17H2,1-4H3. The number of nitrogens with zero attached hydrogens (tertiary/aromatic N) is 2. The Labute approximate surface area is 121 Å². The summed E-state index contributed by atoms with van der Waals surface area (Å²) in [6.07, 6.45) is 3.86. The molecule has 0 fully saturated rings. The van der Waals surface area contributed by atoms with E-state index in [1.54, 1.807) is 0 Å². The monoisotopic (exact) mass is 272 g/mol. The van der Waals surface area contributed by atoms with E-state index >= 15 is 0 Å². The van der Waals surface area contributed by atoms with Crippen LogP contribution in [0.3, 0.4) is 0 Å². The van der Waals surface area contributed by atoms with E-state index in [4.69, 9.17) is 5.84 Å². The first-order chi connectivity index (χ1) is 9.55. The van der Waals surface area contributed by atoms with Crippen molar-refractivity contribution in [1.29, 1.82) is 0 Å². The topological polar surface area (TPSA) is 55.9 Å². The van der Waals surface area contributed by atoms with Crippen molar-refractivity contribution in [2.75, 3.05) is 0 Å². The van der Waals surface area contributed by atoms with Crippen LogP contribution < -0.4 is 11.3 Å². The Hall–Kier alpha value is -1.65. The summed E-state index contributed by atoms with van der Waals surface area (Å²) in [5.41, 5.74) is 9.17. The summed E-state index contributed by atoms with van der Waals surface area (Å²) < 4.78 is 1.86. The molecule has 0 saturated heterocycles. The number of rotatable bonds is 5. The van der Waals surface area contributed by atoms with E-state index in [0.29, 0.717) is 0 Å². The largest absolute Gasteiger partial charge is 0.275 e. The van der Waals surface area contributed by atoms with Gasteiger partial charge in [0.15, 0.2) is 0 Å². The van der Waals surface area contributed by atoms with Crippen molar-refractivity contribution in [3.8, 4) is 0 Å². The van der Waals surface area contributed by atoms with Crippen LogP contribution in [0.15, 0.2) is 24.4 Å². The van der Waals surface area contributed by atoms with E-state index in [1.165, 1.54) is 22.3 Å². The van der Waals surface area contributed by atoms with Crippen LogP contribution in [0.4, 0.5) is 0 Å². The number of hydrazine groups is 1. The predicted molar refractivity (Wildman–Crippen MR) is 82.3 cm³/mol. The molecular weight excluding hydrogens is 248 g/mol. The third-order valence-corrected chi connectivity index (χ3v) is 3.78. The molecule has 20 heavy (non-hydrogen) atoms. The highest BCUT2D eigenvalue weighted by molar-refractivity contribution is 5.33. The van der Waals surface area contributed by atoms with E-state index in [0.717, 1.165) is 18.5 Å². The van der Waals surface area contributed by atoms with Crippen molar-refractivity contribution in [3.63, 3.8) is 0 Å². The lowest BCUT2D eigenvalue weighted by Gasteiger charge is -2.17. The minimum atomic E-state index is 0.0964. The summed E-state index contributed by atoms with van der Waals surface area (Å²) in [5, 5.41) is 4.50. The molecule has 1 heterocycles. The SMILES string of the molecule is CCc1nn(C)cc1C(Cc1cc(C)ccc1C)NN. The van der Waals surface area contributed by atoms with Crippen molar-refractivity contribution in [3.05, 3.63) is 52.3 Å². The van der Waals surface area contributed by atoms with Crippen LogP contribution in [-0.4, -0.2) is 9.78 Å². The molecule has 0 aliphatic rings. The molecule has 2 aromatic rings. The maximum Gasteiger partial charge on any atom is 0.0670 e. The van der Waals surface area contributed by atoms with Gasteiger partial charge in [-0.15, -0.1) is 0 Å². The Balaban J connectivity index is 2.30. The molecule has 1 aromatic carbocycles. The lowest BCUT2D eigenvalue weighted by atomic mass is 9.95. The van der Waals surface area contributed by atoms with Crippen LogP contribution in [0.2, 0.25) is 0 Å². The summed E-state index contributed by atoms with van der Waals surface area (Å²) in [4.78, 5) is 0. The Morgan fingerprint density at radius 1 is 1.35 bits per heavy atom. The van der Waals surface area contributed by atoms with Gasteiger partial charge in [0, 0.05) is 18.8 Å². The Morgan fingerprint density at radius 3 is 2.75 bits per heavy atom. The number of hydrogen-bond donors (Lipinski definition) is 2. The molecule has 0 aliphatic carbocycles. The Bertz CT molecular complexity index is 586. The van der Waals surface area contributed by atoms with Gasteiger partial charge >= 0.3 is 0 Å². The first-order valence-corrected chi connectivity index (χ1v) is 7.09. The van der Waals surface area contributed by atoms with E-state index in [1.807, 2.05) is 11.7 Å². The lowest BCUT2D eigenvalue weighted by molar-refractivity contribution is 0.546. The van der Waals surface area contributed by atoms with Crippen molar-refractivity contribution >= 4 is 0 Å². The molecule has 0 amide bonds. The smallest absolute Gasteiger partial charge is 0.0670 e. The first-order valence-electron chi connectivity index (χ1n) is 7.09. The van der Waals surface area contributed by atoms with Gasteiger partial charge in [-0.1, -0.05) is 30.7 Å². The van der Waals surface area contributed by atoms with Gasteiger partial charge in [0.05, 0.1) is 11.7 Å². The summed E-state index contributed by atoms with van der Waals surface area (Å²) in [5.74, 6) is 5.79. The minimum Gasteiger partial charge on any atom is -0.275 e. The molecule has 0 saturated carbocycles. The minimum absolute atomic E-state index is 0.0964. The van der Waals surface area contributed by atoms with Gasteiger partial charge in [-0.2, -0.15) is 5.10 Å². The van der Waals surface area contributed by atoms with Crippen molar-refractivity contribution in [2.45, 2.75) is 39.7 Å². The molecule has 108 valence electrons. The first kappa shape index (κ1) is 14.8. The Morgan fingerprint density at radius 2 is 2.10 bits per heavy atom. The van der Waals surface area contributed by atoms with Crippen molar-refractivity contribution in [2.24, 2.45) is 12.9 Å². The maximum atomic E-state index is 5.79. The van der Waals surface area contributed by atoms with E-state index in [9.17, 15) is 0 Å². The fourth-order valence-electron chi connectivity index (χ4n) is 2.62. The second-order valence-electron chi connectivity index (χ2n) is 5.41. The van der Waals surface area contributed by atoms with E-state index < -0.39 is 0 Å². The molecule has 0 spiro atoms. The number of nitrogens with one attached hydrogen (secondary N) is 1. The average Bonchev–Trinajstić information content (AvgIpc) is 2.80. The molecular formula is C16H24N4. The summed E-state index contributed by atoms with van der Waals surface area (Å²) >= 11 is 0. The van der Waals surface area contributed by atoms with Gasteiger partial charge in [-0.3, -0.25) is 16.0 Å². The molecule has 1 unspecified atom stereocenters. The molecule has 0 bridgehead atoms. The number of nitrogens with two attached hydrogens (primary N) is 1. The van der Waals surface area contributed by atoms with Gasteiger partial charge < -0.3 is 0 Å². The highest BCUT2D eigenvalue weighted by atomic mass is 15.3.